The molecular formula is C20H18N2O2. The molecule has 0 aliphatic rings. The molecule has 1 amide bonds. The number of primary amides is 1. The van der Waals surface area contributed by atoms with Crippen molar-refractivity contribution in [2.75, 3.05) is 5.73 Å². The Bertz CT molecular complexity index is 843. The summed E-state index contributed by atoms with van der Waals surface area (Å²) in [6.07, 6.45) is 0. The third kappa shape index (κ3) is 3.73. The Balaban J connectivity index is 1.75. The Hall–Kier alpha value is -3.27. The van der Waals surface area contributed by atoms with Crippen LogP contribution < -0.4 is 16.2 Å². The molecule has 0 aromatic heterocycles. The van der Waals surface area contributed by atoms with Crippen molar-refractivity contribution in [3.63, 3.8) is 0 Å². The maximum Gasteiger partial charge on any atom is 0.248 e. The van der Waals surface area contributed by atoms with Crippen LogP contribution in [0.3, 0.4) is 0 Å². The second-order valence-electron chi connectivity index (χ2n) is 5.51. The smallest absolute Gasteiger partial charge is 0.248 e. The number of hydrogen-bond acceptors (Lipinski definition) is 3. The van der Waals surface area contributed by atoms with Gasteiger partial charge in [-0.1, -0.05) is 30.3 Å². The number of benzene rings is 3. The van der Waals surface area contributed by atoms with Crippen LogP contribution in [0.2, 0.25) is 0 Å². The lowest BCUT2D eigenvalue weighted by atomic mass is 10.0. The zero-order valence-electron chi connectivity index (χ0n) is 13.1. The normalized spacial score (nSPS) is 10.3. The van der Waals surface area contributed by atoms with Gasteiger partial charge in [0, 0.05) is 11.3 Å². The lowest BCUT2D eigenvalue weighted by Crippen LogP contribution is -2.10. The molecule has 120 valence electrons. The predicted octanol–water partition coefficient (Wildman–Crippen LogP) is 3.61. The number of amides is 1. The first-order chi connectivity index (χ1) is 11.6. The summed E-state index contributed by atoms with van der Waals surface area (Å²) in [4.78, 5) is 11.1. The Morgan fingerprint density at radius 3 is 2.25 bits per heavy atom. The van der Waals surface area contributed by atoms with Gasteiger partial charge in [-0.2, -0.15) is 0 Å². The highest BCUT2D eigenvalue weighted by molar-refractivity contribution is 5.92. The monoisotopic (exact) mass is 318 g/mol. The zero-order valence-corrected chi connectivity index (χ0v) is 13.1. The van der Waals surface area contributed by atoms with Gasteiger partial charge in [0.1, 0.15) is 12.4 Å². The van der Waals surface area contributed by atoms with E-state index >= 15 is 0 Å². The molecule has 0 aliphatic heterocycles. The molecule has 0 fully saturated rings. The van der Waals surface area contributed by atoms with Gasteiger partial charge >= 0.3 is 0 Å². The quantitative estimate of drug-likeness (QED) is 0.705. The first kappa shape index (κ1) is 15.6. The SMILES string of the molecule is NC(=O)c1ccc(OCc2cc(N)cc(-c3ccccc3)c2)cc1. The van der Waals surface area contributed by atoms with E-state index in [2.05, 4.69) is 6.07 Å². The molecule has 4 heteroatoms. The van der Waals surface area contributed by atoms with Gasteiger partial charge in [0.15, 0.2) is 0 Å². The molecule has 0 atom stereocenters. The average molecular weight is 318 g/mol. The molecule has 0 spiro atoms. The van der Waals surface area contributed by atoms with E-state index in [9.17, 15) is 4.79 Å². The molecule has 0 aliphatic carbocycles. The lowest BCUT2D eigenvalue weighted by molar-refractivity contribution is 0.1000. The van der Waals surface area contributed by atoms with Crippen LogP contribution in [0.4, 0.5) is 5.69 Å². The number of hydrogen-bond donors (Lipinski definition) is 2. The molecule has 0 heterocycles. The van der Waals surface area contributed by atoms with E-state index in [4.69, 9.17) is 16.2 Å². The molecule has 4 N–H and O–H groups in total. The van der Waals surface area contributed by atoms with Crippen molar-refractivity contribution in [1.82, 2.24) is 0 Å². The van der Waals surface area contributed by atoms with Gasteiger partial charge in [-0.3, -0.25) is 4.79 Å². The van der Waals surface area contributed by atoms with Gasteiger partial charge in [-0.25, -0.2) is 0 Å². The maximum atomic E-state index is 11.1. The topological polar surface area (TPSA) is 78.3 Å². The molecule has 0 unspecified atom stereocenters. The highest BCUT2D eigenvalue weighted by Gasteiger charge is 2.04. The van der Waals surface area contributed by atoms with Crippen molar-refractivity contribution in [2.45, 2.75) is 6.61 Å². The summed E-state index contributed by atoms with van der Waals surface area (Å²) in [5, 5.41) is 0. The summed E-state index contributed by atoms with van der Waals surface area (Å²) in [6.45, 7) is 0.390. The number of rotatable bonds is 5. The van der Waals surface area contributed by atoms with E-state index in [-0.39, 0.29) is 0 Å². The van der Waals surface area contributed by atoms with Crippen molar-refractivity contribution in [2.24, 2.45) is 5.73 Å². The fourth-order valence-electron chi connectivity index (χ4n) is 2.48. The van der Waals surface area contributed by atoms with Crippen LogP contribution in [0.1, 0.15) is 15.9 Å². The molecule has 3 aromatic carbocycles. The van der Waals surface area contributed by atoms with Gasteiger partial charge < -0.3 is 16.2 Å². The summed E-state index contributed by atoms with van der Waals surface area (Å²) in [5.74, 6) is 0.216. The fourth-order valence-corrected chi connectivity index (χ4v) is 2.48. The van der Waals surface area contributed by atoms with Crippen LogP contribution in [-0.2, 0) is 6.61 Å². The molecule has 4 nitrogen and oxygen atoms in total. The number of nitrogen functional groups attached to an aromatic ring is 1. The van der Waals surface area contributed by atoms with E-state index in [1.165, 1.54) is 0 Å². The van der Waals surface area contributed by atoms with Crippen molar-refractivity contribution in [3.05, 3.63) is 83.9 Å². The molecule has 24 heavy (non-hydrogen) atoms. The first-order valence-electron chi connectivity index (χ1n) is 7.59. The molecule has 0 radical (unpaired) electrons. The van der Waals surface area contributed by atoms with Crippen LogP contribution in [0.15, 0.2) is 72.8 Å². The lowest BCUT2D eigenvalue weighted by Gasteiger charge is -2.10. The zero-order chi connectivity index (χ0) is 16.9. The first-order valence-corrected chi connectivity index (χ1v) is 7.59. The van der Waals surface area contributed by atoms with E-state index in [0.29, 0.717) is 23.6 Å². The van der Waals surface area contributed by atoms with E-state index in [1.807, 2.05) is 42.5 Å². The third-order valence-corrected chi connectivity index (χ3v) is 3.67. The molecule has 0 saturated heterocycles. The summed E-state index contributed by atoms with van der Waals surface area (Å²) in [5.41, 5.74) is 15.5. The third-order valence-electron chi connectivity index (χ3n) is 3.67. The minimum atomic E-state index is -0.454. The number of ether oxygens (including phenoxy) is 1. The Morgan fingerprint density at radius 2 is 1.58 bits per heavy atom. The number of carbonyl (C=O) groups excluding carboxylic acids is 1. The Labute approximate surface area is 140 Å². The highest BCUT2D eigenvalue weighted by Crippen LogP contribution is 2.24. The number of nitrogens with two attached hydrogens (primary N) is 2. The van der Waals surface area contributed by atoms with E-state index < -0.39 is 5.91 Å². The van der Waals surface area contributed by atoms with Gasteiger partial charge in [0.25, 0.3) is 0 Å². The summed E-state index contributed by atoms with van der Waals surface area (Å²) < 4.78 is 5.76. The predicted molar refractivity (Wildman–Crippen MR) is 95.6 cm³/mol. The summed E-state index contributed by atoms with van der Waals surface area (Å²) >= 11 is 0. The molecular weight excluding hydrogens is 300 g/mol. The maximum absolute atomic E-state index is 11.1. The Kier molecular flexibility index (Phi) is 4.47. The average Bonchev–Trinajstić information content (AvgIpc) is 2.60. The Morgan fingerprint density at radius 1 is 0.875 bits per heavy atom. The van der Waals surface area contributed by atoms with Crippen LogP contribution in [-0.4, -0.2) is 5.91 Å². The molecule has 3 aromatic rings. The van der Waals surface area contributed by atoms with Gasteiger partial charge in [-0.15, -0.1) is 0 Å². The minimum absolute atomic E-state index is 0.390. The summed E-state index contributed by atoms with van der Waals surface area (Å²) in [6, 6.07) is 22.7. The second kappa shape index (κ2) is 6.87. The minimum Gasteiger partial charge on any atom is -0.489 e. The second-order valence-corrected chi connectivity index (χ2v) is 5.51. The van der Waals surface area contributed by atoms with Crippen LogP contribution >= 0.6 is 0 Å². The number of anilines is 1. The van der Waals surface area contributed by atoms with Gasteiger partial charge in [0.05, 0.1) is 0 Å². The fraction of sp³-hybridized carbons (Fsp3) is 0.0500. The van der Waals surface area contributed by atoms with Gasteiger partial charge in [0.2, 0.25) is 5.91 Å². The van der Waals surface area contributed by atoms with E-state index in [0.717, 1.165) is 16.7 Å². The van der Waals surface area contributed by atoms with Crippen LogP contribution in [0, 0.1) is 0 Å². The van der Waals surface area contributed by atoms with Crippen LogP contribution in [0.5, 0.6) is 5.75 Å². The van der Waals surface area contributed by atoms with Crippen molar-refractivity contribution in [1.29, 1.82) is 0 Å². The molecule has 0 saturated carbocycles. The van der Waals surface area contributed by atoms with E-state index in [1.54, 1.807) is 24.3 Å². The largest absolute Gasteiger partial charge is 0.489 e. The molecule has 3 rings (SSSR count). The highest BCUT2D eigenvalue weighted by atomic mass is 16.5. The molecule has 0 bridgehead atoms. The van der Waals surface area contributed by atoms with Crippen molar-refractivity contribution < 1.29 is 9.53 Å². The van der Waals surface area contributed by atoms with Crippen molar-refractivity contribution in [3.8, 4) is 16.9 Å². The standard InChI is InChI=1S/C20H18N2O2/c21-18-11-14(10-17(12-18)15-4-2-1-3-5-15)13-24-19-8-6-16(7-9-19)20(22)23/h1-12H,13,21H2,(H2,22,23). The number of carbonyl (C=O) groups is 1. The van der Waals surface area contributed by atoms with Gasteiger partial charge in [-0.05, 0) is 59.2 Å². The summed E-state index contributed by atoms with van der Waals surface area (Å²) in [7, 11) is 0. The van der Waals surface area contributed by atoms with Crippen LogP contribution in [0.25, 0.3) is 11.1 Å². The van der Waals surface area contributed by atoms with Crippen molar-refractivity contribution >= 4 is 11.6 Å².